The van der Waals surface area contributed by atoms with E-state index in [9.17, 15) is 8.42 Å². The van der Waals surface area contributed by atoms with E-state index < -0.39 is 10.0 Å². The third kappa shape index (κ3) is 4.45. The average molecular weight is 286 g/mol. The number of likely N-dealkylation sites (N-methyl/N-ethyl adjacent to an activating group) is 1. The van der Waals surface area contributed by atoms with Gasteiger partial charge in [-0.25, -0.2) is 18.1 Å². The lowest BCUT2D eigenvalue weighted by atomic mass is 10.2. The van der Waals surface area contributed by atoms with Crippen LogP contribution < -0.4 is 10.5 Å². The molecule has 0 aliphatic carbocycles. The third-order valence-corrected chi connectivity index (χ3v) is 4.70. The molecule has 0 fully saturated rings. The standard InChI is InChI=1S/C12H22N4O2S/c1-4-10(2)16(3)9-8-15-19(17,18)11-6-5-7-14-12(11)13/h5-7,10,15H,4,8-9H2,1-3H3,(H2,13,14). The van der Waals surface area contributed by atoms with E-state index in [1.54, 1.807) is 6.07 Å². The van der Waals surface area contributed by atoms with Crippen LogP contribution in [0.3, 0.4) is 0 Å². The van der Waals surface area contributed by atoms with Crippen molar-refractivity contribution in [2.75, 3.05) is 25.9 Å². The molecule has 1 rings (SSSR count). The van der Waals surface area contributed by atoms with Crippen molar-refractivity contribution in [3.8, 4) is 0 Å². The molecule has 1 aromatic rings. The van der Waals surface area contributed by atoms with Gasteiger partial charge in [-0.3, -0.25) is 0 Å². The Morgan fingerprint density at radius 2 is 2.21 bits per heavy atom. The van der Waals surface area contributed by atoms with Crippen LogP contribution in [0.25, 0.3) is 0 Å². The molecule has 0 spiro atoms. The number of anilines is 1. The van der Waals surface area contributed by atoms with Crippen LogP contribution in [0.5, 0.6) is 0 Å². The van der Waals surface area contributed by atoms with Crippen molar-refractivity contribution < 1.29 is 8.42 Å². The molecule has 0 amide bonds. The Morgan fingerprint density at radius 1 is 1.53 bits per heavy atom. The molecule has 0 saturated carbocycles. The van der Waals surface area contributed by atoms with E-state index >= 15 is 0 Å². The van der Waals surface area contributed by atoms with Gasteiger partial charge in [-0.15, -0.1) is 0 Å². The normalized spacial score (nSPS) is 13.7. The van der Waals surface area contributed by atoms with Gasteiger partial charge < -0.3 is 10.6 Å². The number of sulfonamides is 1. The highest BCUT2D eigenvalue weighted by Gasteiger charge is 2.17. The number of nitrogen functional groups attached to an aromatic ring is 1. The fourth-order valence-electron chi connectivity index (χ4n) is 1.60. The number of aromatic nitrogens is 1. The summed E-state index contributed by atoms with van der Waals surface area (Å²) >= 11 is 0. The Balaban J connectivity index is 2.60. The maximum atomic E-state index is 12.0. The second kappa shape index (κ2) is 6.83. The van der Waals surface area contributed by atoms with Gasteiger partial charge in [0, 0.05) is 25.3 Å². The number of hydrogen-bond donors (Lipinski definition) is 2. The molecule has 0 aromatic carbocycles. The number of pyridine rings is 1. The number of nitrogens with two attached hydrogens (primary N) is 1. The molecule has 0 radical (unpaired) electrons. The number of hydrogen-bond acceptors (Lipinski definition) is 5. The van der Waals surface area contributed by atoms with Crippen molar-refractivity contribution in [2.24, 2.45) is 0 Å². The minimum Gasteiger partial charge on any atom is -0.383 e. The summed E-state index contributed by atoms with van der Waals surface area (Å²) in [6, 6.07) is 3.42. The highest BCUT2D eigenvalue weighted by atomic mass is 32.2. The molecule has 1 atom stereocenters. The average Bonchev–Trinajstić information content (AvgIpc) is 2.37. The van der Waals surface area contributed by atoms with Crippen LogP contribution in [0, 0.1) is 0 Å². The molecule has 1 unspecified atom stereocenters. The summed E-state index contributed by atoms with van der Waals surface area (Å²) in [6.07, 6.45) is 2.49. The molecule has 0 saturated heterocycles. The summed E-state index contributed by atoms with van der Waals surface area (Å²) in [5.74, 6) is 0.0188. The van der Waals surface area contributed by atoms with E-state index in [2.05, 4.69) is 28.5 Å². The van der Waals surface area contributed by atoms with Gasteiger partial charge >= 0.3 is 0 Å². The first-order chi connectivity index (χ1) is 8.88. The predicted molar refractivity (Wildman–Crippen MR) is 76.2 cm³/mol. The first kappa shape index (κ1) is 15.9. The molecule has 0 aliphatic rings. The summed E-state index contributed by atoms with van der Waals surface area (Å²) in [5, 5.41) is 0. The van der Waals surface area contributed by atoms with Gasteiger partial charge in [0.05, 0.1) is 0 Å². The quantitative estimate of drug-likeness (QED) is 0.769. The lowest BCUT2D eigenvalue weighted by molar-refractivity contribution is 0.256. The van der Waals surface area contributed by atoms with Crippen LogP contribution in [0.4, 0.5) is 5.82 Å². The topological polar surface area (TPSA) is 88.3 Å². The monoisotopic (exact) mass is 286 g/mol. The summed E-state index contributed by atoms with van der Waals surface area (Å²) in [7, 11) is -1.61. The fourth-order valence-corrected chi connectivity index (χ4v) is 2.70. The molecule has 108 valence electrons. The number of nitrogens with one attached hydrogen (secondary N) is 1. The van der Waals surface area contributed by atoms with E-state index in [0.29, 0.717) is 19.1 Å². The van der Waals surface area contributed by atoms with Gasteiger partial charge in [0.1, 0.15) is 10.7 Å². The molecule has 3 N–H and O–H groups in total. The van der Waals surface area contributed by atoms with Gasteiger partial charge in [0.15, 0.2) is 0 Å². The Labute approximate surface area is 115 Å². The van der Waals surface area contributed by atoms with Gasteiger partial charge in [0.2, 0.25) is 10.0 Å². The zero-order chi connectivity index (χ0) is 14.5. The van der Waals surface area contributed by atoms with Gasteiger partial charge in [0.25, 0.3) is 0 Å². The van der Waals surface area contributed by atoms with E-state index in [1.165, 1.54) is 12.3 Å². The molecule has 7 heteroatoms. The van der Waals surface area contributed by atoms with Gasteiger partial charge in [-0.2, -0.15) is 0 Å². The Morgan fingerprint density at radius 3 is 2.79 bits per heavy atom. The van der Waals surface area contributed by atoms with Crippen molar-refractivity contribution in [3.05, 3.63) is 18.3 Å². The second-order valence-electron chi connectivity index (χ2n) is 4.52. The summed E-state index contributed by atoms with van der Waals surface area (Å²) in [5.41, 5.74) is 5.57. The van der Waals surface area contributed by atoms with Crippen molar-refractivity contribution in [3.63, 3.8) is 0 Å². The molecule has 1 heterocycles. The molecular formula is C12H22N4O2S. The van der Waals surface area contributed by atoms with Crippen LogP contribution in [0.2, 0.25) is 0 Å². The highest BCUT2D eigenvalue weighted by molar-refractivity contribution is 7.89. The van der Waals surface area contributed by atoms with Crippen molar-refractivity contribution >= 4 is 15.8 Å². The minimum atomic E-state index is -3.58. The molecule has 19 heavy (non-hydrogen) atoms. The van der Waals surface area contributed by atoms with Crippen molar-refractivity contribution in [1.29, 1.82) is 0 Å². The first-order valence-electron chi connectivity index (χ1n) is 6.29. The van der Waals surface area contributed by atoms with Crippen LogP contribution in [-0.2, 0) is 10.0 Å². The third-order valence-electron chi connectivity index (χ3n) is 3.19. The zero-order valence-electron chi connectivity index (χ0n) is 11.6. The Bertz CT molecular complexity index is 504. The lowest BCUT2D eigenvalue weighted by Crippen LogP contribution is -2.37. The Hall–Kier alpha value is -1.18. The zero-order valence-corrected chi connectivity index (χ0v) is 12.4. The molecular weight excluding hydrogens is 264 g/mol. The van der Waals surface area contributed by atoms with E-state index in [1.807, 2.05) is 7.05 Å². The maximum Gasteiger partial charge on any atom is 0.244 e. The minimum absolute atomic E-state index is 0.0188. The van der Waals surface area contributed by atoms with Crippen molar-refractivity contribution in [1.82, 2.24) is 14.6 Å². The summed E-state index contributed by atoms with van der Waals surface area (Å²) in [4.78, 5) is 5.91. The van der Waals surface area contributed by atoms with Crippen molar-refractivity contribution in [2.45, 2.75) is 31.2 Å². The number of rotatable bonds is 7. The van der Waals surface area contributed by atoms with E-state index in [0.717, 1.165) is 6.42 Å². The van der Waals surface area contributed by atoms with Gasteiger partial charge in [-0.1, -0.05) is 6.92 Å². The number of nitrogens with zero attached hydrogens (tertiary/aromatic N) is 2. The predicted octanol–water partition coefficient (Wildman–Crippen LogP) is 0.672. The second-order valence-corrected chi connectivity index (χ2v) is 6.26. The summed E-state index contributed by atoms with van der Waals surface area (Å²) < 4.78 is 26.6. The fraction of sp³-hybridized carbons (Fsp3) is 0.583. The largest absolute Gasteiger partial charge is 0.383 e. The molecule has 1 aromatic heterocycles. The van der Waals surface area contributed by atoms with Crippen LogP contribution in [0.1, 0.15) is 20.3 Å². The van der Waals surface area contributed by atoms with E-state index in [4.69, 9.17) is 5.73 Å². The maximum absolute atomic E-state index is 12.0. The molecule has 0 aliphatic heterocycles. The highest BCUT2D eigenvalue weighted by Crippen LogP contribution is 2.13. The lowest BCUT2D eigenvalue weighted by Gasteiger charge is -2.23. The van der Waals surface area contributed by atoms with Gasteiger partial charge in [-0.05, 0) is 32.5 Å². The van der Waals surface area contributed by atoms with Crippen LogP contribution >= 0.6 is 0 Å². The molecule has 0 bridgehead atoms. The summed E-state index contributed by atoms with van der Waals surface area (Å²) in [6.45, 7) is 5.20. The Kier molecular flexibility index (Phi) is 5.71. The van der Waals surface area contributed by atoms with Crippen LogP contribution in [0.15, 0.2) is 23.2 Å². The molecule has 6 nitrogen and oxygen atoms in total. The van der Waals surface area contributed by atoms with E-state index in [-0.39, 0.29) is 10.7 Å². The first-order valence-corrected chi connectivity index (χ1v) is 7.77. The smallest absolute Gasteiger partial charge is 0.244 e. The SMILES string of the molecule is CCC(C)N(C)CCNS(=O)(=O)c1cccnc1N. The van der Waals surface area contributed by atoms with Crippen LogP contribution in [-0.4, -0.2) is 44.5 Å².